The number of hydrogen-bond donors (Lipinski definition) is 1. The highest BCUT2D eigenvalue weighted by atomic mass is 35.5. The lowest BCUT2D eigenvalue weighted by atomic mass is 9.80. The summed E-state index contributed by atoms with van der Waals surface area (Å²) in [5.41, 5.74) is -0.118. The largest absolute Gasteiger partial charge is 0.383 e. The van der Waals surface area contributed by atoms with Crippen LogP contribution in [-0.4, -0.2) is 19.9 Å². The topological polar surface area (TPSA) is 50.9 Å². The number of nitrogens with zero attached hydrogens (tertiary/aromatic N) is 3. The number of aliphatic hydroxyl groups is 1. The predicted octanol–water partition coefficient (Wildman–Crippen LogP) is 3.26. The number of halogens is 1. The van der Waals surface area contributed by atoms with Crippen LogP contribution in [0, 0.1) is 5.92 Å². The van der Waals surface area contributed by atoms with E-state index in [9.17, 15) is 5.11 Å². The molecule has 0 amide bonds. The fourth-order valence-corrected chi connectivity index (χ4v) is 2.63. The SMILES string of the molecule is CCCC(C)C(O)(Cn1cncn1)c1ccc(Cl)cc1. The lowest BCUT2D eigenvalue weighted by molar-refractivity contribution is -0.0393. The van der Waals surface area contributed by atoms with Gasteiger partial charge in [0.1, 0.15) is 18.3 Å². The third-order valence-corrected chi connectivity index (χ3v) is 4.00. The maximum atomic E-state index is 11.2. The smallest absolute Gasteiger partial charge is 0.137 e. The van der Waals surface area contributed by atoms with Crippen molar-refractivity contribution in [2.24, 2.45) is 5.92 Å². The number of rotatable bonds is 6. The molecule has 1 N–H and O–H groups in total. The lowest BCUT2D eigenvalue weighted by Gasteiger charge is -2.34. The van der Waals surface area contributed by atoms with Gasteiger partial charge in [-0.1, -0.05) is 44.0 Å². The molecule has 2 rings (SSSR count). The molecule has 0 saturated carbocycles. The zero-order valence-electron chi connectivity index (χ0n) is 11.8. The van der Waals surface area contributed by atoms with Gasteiger partial charge in [0.2, 0.25) is 0 Å². The van der Waals surface area contributed by atoms with Crippen LogP contribution in [0.5, 0.6) is 0 Å². The molecule has 20 heavy (non-hydrogen) atoms. The highest BCUT2D eigenvalue weighted by molar-refractivity contribution is 6.30. The van der Waals surface area contributed by atoms with Crippen LogP contribution in [0.4, 0.5) is 0 Å². The summed E-state index contributed by atoms with van der Waals surface area (Å²) in [6.07, 6.45) is 5.06. The van der Waals surface area contributed by atoms with Crippen molar-refractivity contribution in [3.8, 4) is 0 Å². The third-order valence-electron chi connectivity index (χ3n) is 3.75. The average molecular weight is 294 g/mol. The maximum Gasteiger partial charge on any atom is 0.137 e. The van der Waals surface area contributed by atoms with Crippen LogP contribution in [-0.2, 0) is 12.1 Å². The van der Waals surface area contributed by atoms with Gasteiger partial charge in [-0.05, 0) is 30.0 Å². The first-order chi connectivity index (χ1) is 9.56. The van der Waals surface area contributed by atoms with E-state index in [0.29, 0.717) is 11.6 Å². The normalized spacial score (nSPS) is 15.8. The third kappa shape index (κ3) is 3.19. The molecule has 1 aromatic carbocycles. The molecule has 0 aliphatic rings. The van der Waals surface area contributed by atoms with Gasteiger partial charge < -0.3 is 5.11 Å². The first kappa shape index (κ1) is 15.0. The molecule has 0 radical (unpaired) electrons. The van der Waals surface area contributed by atoms with Crippen LogP contribution in [0.2, 0.25) is 5.02 Å². The summed E-state index contributed by atoms with van der Waals surface area (Å²) in [5, 5.41) is 16.0. The highest BCUT2D eigenvalue weighted by Crippen LogP contribution is 2.34. The summed E-state index contributed by atoms with van der Waals surface area (Å²) in [7, 11) is 0. The number of aromatic nitrogens is 3. The number of benzene rings is 1. The minimum absolute atomic E-state index is 0.109. The Kier molecular flexibility index (Phi) is 4.78. The van der Waals surface area contributed by atoms with E-state index < -0.39 is 5.60 Å². The first-order valence-corrected chi connectivity index (χ1v) is 7.25. The molecule has 0 spiro atoms. The van der Waals surface area contributed by atoms with Gasteiger partial charge in [-0.25, -0.2) is 9.67 Å². The van der Waals surface area contributed by atoms with Gasteiger partial charge in [-0.3, -0.25) is 0 Å². The Bertz CT molecular complexity index is 527. The second-order valence-electron chi connectivity index (χ2n) is 5.21. The molecule has 2 atom stereocenters. The fraction of sp³-hybridized carbons (Fsp3) is 0.467. The van der Waals surface area contributed by atoms with Crippen LogP contribution in [0.15, 0.2) is 36.9 Å². The Balaban J connectivity index is 2.34. The van der Waals surface area contributed by atoms with Crippen LogP contribution < -0.4 is 0 Å². The predicted molar refractivity (Wildman–Crippen MR) is 79.4 cm³/mol. The van der Waals surface area contributed by atoms with Crippen molar-refractivity contribution in [3.63, 3.8) is 0 Å². The van der Waals surface area contributed by atoms with Crippen LogP contribution in [0.1, 0.15) is 32.3 Å². The molecular weight excluding hydrogens is 274 g/mol. The zero-order valence-corrected chi connectivity index (χ0v) is 12.6. The molecule has 5 heteroatoms. The Morgan fingerprint density at radius 2 is 2.05 bits per heavy atom. The molecule has 0 aliphatic carbocycles. The van der Waals surface area contributed by atoms with Crippen LogP contribution in [0.3, 0.4) is 0 Å². The van der Waals surface area contributed by atoms with Gasteiger partial charge in [-0.2, -0.15) is 5.10 Å². The molecule has 0 bridgehead atoms. The van der Waals surface area contributed by atoms with Crippen LogP contribution in [0.25, 0.3) is 0 Å². The monoisotopic (exact) mass is 293 g/mol. The van der Waals surface area contributed by atoms with Crippen molar-refractivity contribution >= 4 is 11.6 Å². The van der Waals surface area contributed by atoms with E-state index in [1.54, 1.807) is 11.0 Å². The Hall–Kier alpha value is -1.39. The Morgan fingerprint density at radius 1 is 1.35 bits per heavy atom. The molecule has 2 aromatic rings. The molecule has 0 aliphatic heterocycles. The summed E-state index contributed by atoms with van der Waals surface area (Å²) < 4.78 is 1.67. The van der Waals surface area contributed by atoms with Gasteiger partial charge in [-0.15, -0.1) is 0 Å². The molecule has 1 aromatic heterocycles. The molecule has 2 unspecified atom stereocenters. The summed E-state index contributed by atoms with van der Waals surface area (Å²) in [6.45, 7) is 4.57. The van der Waals surface area contributed by atoms with E-state index in [1.165, 1.54) is 6.33 Å². The van der Waals surface area contributed by atoms with Gasteiger partial charge in [0.05, 0.1) is 6.54 Å². The number of hydrogen-bond acceptors (Lipinski definition) is 3. The van der Waals surface area contributed by atoms with Gasteiger partial charge in [0.25, 0.3) is 0 Å². The zero-order chi connectivity index (χ0) is 14.6. The summed E-state index contributed by atoms with van der Waals surface area (Å²) in [5.74, 6) is 0.109. The van der Waals surface area contributed by atoms with E-state index in [0.717, 1.165) is 18.4 Å². The lowest BCUT2D eigenvalue weighted by Crippen LogP contribution is -2.38. The van der Waals surface area contributed by atoms with Crippen molar-refractivity contribution in [3.05, 3.63) is 47.5 Å². The molecule has 1 heterocycles. The van der Waals surface area contributed by atoms with Gasteiger partial charge in [0, 0.05) is 5.02 Å². The second kappa shape index (κ2) is 6.37. The molecular formula is C15H20ClN3O. The Morgan fingerprint density at radius 3 is 2.60 bits per heavy atom. The molecule has 108 valence electrons. The minimum atomic E-state index is -0.978. The molecule has 4 nitrogen and oxygen atoms in total. The van der Waals surface area contributed by atoms with E-state index >= 15 is 0 Å². The summed E-state index contributed by atoms with van der Waals surface area (Å²) in [4.78, 5) is 3.94. The van der Waals surface area contributed by atoms with Crippen LogP contribution >= 0.6 is 11.6 Å². The quantitative estimate of drug-likeness (QED) is 0.889. The van der Waals surface area contributed by atoms with Crippen molar-refractivity contribution in [1.82, 2.24) is 14.8 Å². The average Bonchev–Trinajstić information content (AvgIpc) is 2.92. The van der Waals surface area contributed by atoms with E-state index in [-0.39, 0.29) is 5.92 Å². The summed E-state index contributed by atoms with van der Waals surface area (Å²) in [6, 6.07) is 7.38. The van der Waals surface area contributed by atoms with Gasteiger partial charge in [0.15, 0.2) is 0 Å². The minimum Gasteiger partial charge on any atom is -0.383 e. The standard InChI is InChI=1S/C15H20ClN3O/c1-3-4-12(2)15(20,9-19-11-17-10-18-19)13-5-7-14(16)8-6-13/h5-8,10-12,20H,3-4,9H2,1-2H3. The summed E-state index contributed by atoms with van der Waals surface area (Å²) >= 11 is 5.94. The maximum absolute atomic E-state index is 11.2. The second-order valence-corrected chi connectivity index (χ2v) is 5.65. The van der Waals surface area contributed by atoms with E-state index in [2.05, 4.69) is 23.9 Å². The highest BCUT2D eigenvalue weighted by Gasteiger charge is 2.36. The molecule has 0 saturated heterocycles. The fourth-order valence-electron chi connectivity index (χ4n) is 2.50. The van der Waals surface area contributed by atoms with E-state index in [1.807, 2.05) is 24.3 Å². The molecule has 0 fully saturated rings. The van der Waals surface area contributed by atoms with Crippen molar-refractivity contribution in [1.29, 1.82) is 0 Å². The first-order valence-electron chi connectivity index (χ1n) is 6.87. The Labute approximate surface area is 124 Å². The van der Waals surface area contributed by atoms with E-state index in [4.69, 9.17) is 11.6 Å². The van der Waals surface area contributed by atoms with Crippen molar-refractivity contribution in [2.45, 2.75) is 38.8 Å². The van der Waals surface area contributed by atoms with Crippen molar-refractivity contribution < 1.29 is 5.11 Å². The van der Waals surface area contributed by atoms with Gasteiger partial charge >= 0.3 is 0 Å². The van der Waals surface area contributed by atoms with Crippen molar-refractivity contribution in [2.75, 3.05) is 0 Å².